The van der Waals surface area contributed by atoms with E-state index >= 15 is 0 Å². The van der Waals surface area contributed by atoms with Crippen LogP contribution in [0.1, 0.15) is 37.3 Å². The summed E-state index contributed by atoms with van der Waals surface area (Å²) in [6, 6.07) is 17.0. The van der Waals surface area contributed by atoms with Crippen molar-refractivity contribution in [1.29, 1.82) is 0 Å². The van der Waals surface area contributed by atoms with E-state index in [9.17, 15) is 9.18 Å². The molecule has 1 unspecified atom stereocenters. The fraction of sp³-hybridized carbons (Fsp3) is 0.419. The van der Waals surface area contributed by atoms with Crippen LogP contribution in [0.3, 0.4) is 0 Å². The van der Waals surface area contributed by atoms with Gasteiger partial charge in [-0.3, -0.25) is 4.79 Å². The number of piperazine rings is 1. The van der Waals surface area contributed by atoms with Crippen LogP contribution in [0.15, 0.2) is 60.8 Å². The zero-order chi connectivity index (χ0) is 27.8. The molecule has 3 saturated heterocycles. The second-order valence-corrected chi connectivity index (χ2v) is 11.1. The van der Waals surface area contributed by atoms with Crippen LogP contribution in [0.2, 0.25) is 0 Å². The normalized spacial score (nSPS) is 20.2. The second-order valence-electron chi connectivity index (χ2n) is 11.1. The lowest BCUT2D eigenvalue weighted by Gasteiger charge is -2.37. The molecule has 10 heteroatoms. The van der Waals surface area contributed by atoms with Gasteiger partial charge in [0, 0.05) is 51.9 Å². The number of carbonyl (C=O) groups excluding carboxylic acids is 1. The molecule has 6 heterocycles. The number of carbonyl (C=O) groups is 1. The van der Waals surface area contributed by atoms with Crippen molar-refractivity contribution in [2.24, 2.45) is 5.92 Å². The van der Waals surface area contributed by atoms with Crippen molar-refractivity contribution in [3.63, 3.8) is 0 Å². The molecule has 4 aromatic rings. The quantitative estimate of drug-likeness (QED) is 0.362. The smallest absolute Gasteiger partial charge is 0.225 e. The maximum absolute atomic E-state index is 14.0. The van der Waals surface area contributed by atoms with E-state index < -0.39 is 0 Å². The summed E-state index contributed by atoms with van der Waals surface area (Å²) >= 11 is 0. The molecule has 0 aliphatic carbocycles. The number of rotatable bonds is 5. The average molecular weight is 556 g/mol. The molecule has 7 rings (SSSR count). The Morgan fingerprint density at radius 1 is 0.902 bits per heavy atom. The number of aromatic nitrogens is 4. The summed E-state index contributed by atoms with van der Waals surface area (Å²) in [6.07, 6.45) is 5.44. The highest BCUT2D eigenvalue weighted by Gasteiger charge is 2.30. The Bertz CT molecular complexity index is 1540. The van der Waals surface area contributed by atoms with Gasteiger partial charge in [0.1, 0.15) is 23.1 Å². The maximum Gasteiger partial charge on any atom is 0.225 e. The number of pyridine rings is 1. The Balaban J connectivity index is 1.10. The lowest BCUT2D eigenvalue weighted by molar-refractivity contribution is -0.138. The third-order valence-corrected chi connectivity index (χ3v) is 8.61. The van der Waals surface area contributed by atoms with Crippen LogP contribution in [-0.2, 0) is 9.53 Å². The molecule has 1 amide bonds. The Hall–Kier alpha value is -4.05. The minimum absolute atomic E-state index is 0.0843. The first-order chi connectivity index (χ1) is 20.1. The average Bonchev–Trinajstić information content (AvgIpc) is 3.69. The van der Waals surface area contributed by atoms with Crippen LogP contribution in [0.25, 0.3) is 17.0 Å². The van der Waals surface area contributed by atoms with Gasteiger partial charge in [0.05, 0.1) is 17.9 Å². The van der Waals surface area contributed by atoms with Crippen LogP contribution in [0.4, 0.5) is 16.0 Å². The highest BCUT2D eigenvalue weighted by atomic mass is 19.1. The highest BCUT2D eigenvalue weighted by Crippen LogP contribution is 2.36. The van der Waals surface area contributed by atoms with E-state index in [1.54, 1.807) is 12.1 Å². The summed E-state index contributed by atoms with van der Waals surface area (Å²) in [5.41, 5.74) is 3.33. The number of amides is 1. The molecule has 3 fully saturated rings. The SMILES string of the molecule is O=C(C1CCOCC1)N1CCN(c2cccc(-c3cnc4ccc(N5CCCC5c5cccc(F)c5)nn34)n2)CC1. The molecule has 0 bridgehead atoms. The minimum Gasteiger partial charge on any atom is -0.381 e. The van der Waals surface area contributed by atoms with Crippen molar-refractivity contribution in [3.8, 4) is 11.4 Å². The summed E-state index contributed by atoms with van der Waals surface area (Å²) < 4.78 is 21.3. The van der Waals surface area contributed by atoms with E-state index in [0.29, 0.717) is 26.3 Å². The summed E-state index contributed by atoms with van der Waals surface area (Å²) in [4.78, 5) is 29.1. The molecule has 3 aliphatic heterocycles. The molecule has 0 radical (unpaired) electrons. The molecule has 9 nitrogen and oxygen atoms in total. The third-order valence-electron chi connectivity index (χ3n) is 8.61. The zero-order valence-corrected chi connectivity index (χ0v) is 23.0. The number of imidazole rings is 1. The van der Waals surface area contributed by atoms with Crippen LogP contribution in [0.5, 0.6) is 0 Å². The summed E-state index contributed by atoms with van der Waals surface area (Å²) in [5.74, 6) is 1.87. The van der Waals surface area contributed by atoms with Gasteiger partial charge in [-0.15, -0.1) is 5.10 Å². The number of hydrogen-bond acceptors (Lipinski definition) is 7. The van der Waals surface area contributed by atoms with E-state index in [-0.39, 0.29) is 23.7 Å². The predicted molar refractivity (Wildman–Crippen MR) is 154 cm³/mol. The van der Waals surface area contributed by atoms with Crippen molar-refractivity contribution >= 4 is 23.2 Å². The number of halogens is 1. The van der Waals surface area contributed by atoms with E-state index in [4.69, 9.17) is 14.8 Å². The molecule has 1 aromatic carbocycles. The van der Waals surface area contributed by atoms with Crippen LogP contribution in [0, 0.1) is 11.7 Å². The van der Waals surface area contributed by atoms with Gasteiger partial charge in [-0.25, -0.2) is 18.9 Å². The van der Waals surface area contributed by atoms with E-state index in [1.165, 1.54) is 6.07 Å². The third kappa shape index (κ3) is 5.12. The number of benzene rings is 1. The van der Waals surface area contributed by atoms with Crippen molar-refractivity contribution in [2.75, 3.05) is 55.7 Å². The van der Waals surface area contributed by atoms with Crippen molar-refractivity contribution in [1.82, 2.24) is 24.5 Å². The number of hydrogen-bond donors (Lipinski definition) is 0. The van der Waals surface area contributed by atoms with Crippen LogP contribution < -0.4 is 9.80 Å². The Morgan fingerprint density at radius 3 is 2.56 bits per heavy atom. The Morgan fingerprint density at radius 2 is 1.73 bits per heavy atom. The largest absolute Gasteiger partial charge is 0.381 e. The van der Waals surface area contributed by atoms with Gasteiger partial charge in [-0.05, 0) is 67.6 Å². The monoisotopic (exact) mass is 555 g/mol. The lowest BCUT2D eigenvalue weighted by atomic mass is 9.98. The van der Waals surface area contributed by atoms with Gasteiger partial charge in [0.25, 0.3) is 0 Å². The Kier molecular flexibility index (Phi) is 7.00. The van der Waals surface area contributed by atoms with Crippen molar-refractivity contribution in [2.45, 2.75) is 31.7 Å². The van der Waals surface area contributed by atoms with Crippen LogP contribution >= 0.6 is 0 Å². The topological polar surface area (TPSA) is 79.1 Å². The van der Waals surface area contributed by atoms with Crippen molar-refractivity contribution < 1.29 is 13.9 Å². The van der Waals surface area contributed by atoms with Gasteiger partial charge in [-0.2, -0.15) is 0 Å². The number of anilines is 2. The molecular weight excluding hydrogens is 521 g/mol. The molecule has 1 atom stereocenters. The van der Waals surface area contributed by atoms with E-state index in [0.717, 1.165) is 79.6 Å². The van der Waals surface area contributed by atoms with Crippen molar-refractivity contribution in [3.05, 3.63) is 72.2 Å². The molecule has 0 spiro atoms. The standard InChI is InChI=1S/C31H34FN7O2/c32-24-5-1-4-23(20-24)26-7-3-13-38(26)30-10-9-28-33-21-27(39(28)35-30)25-6-2-8-29(34-25)36-14-16-37(17-15-36)31(40)22-11-18-41-19-12-22/h1-2,4-6,8-10,20-22,26H,3,7,11-19H2. The fourth-order valence-corrected chi connectivity index (χ4v) is 6.39. The number of nitrogens with zero attached hydrogens (tertiary/aromatic N) is 7. The highest BCUT2D eigenvalue weighted by molar-refractivity contribution is 5.79. The molecule has 212 valence electrons. The number of ether oxygens (including phenoxy) is 1. The predicted octanol–water partition coefficient (Wildman–Crippen LogP) is 4.35. The lowest BCUT2D eigenvalue weighted by Crippen LogP contribution is -2.51. The zero-order valence-electron chi connectivity index (χ0n) is 23.0. The van der Waals surface area contributed by atoms with Crippen LogP contribution in [-0.4, -0.2) is 76.3 Å². The second kappa shape index (κ2) is 11.1. The summed E-state index contributed by atoms with van der Waals surface area (Å²) in [6.45, 7) is 5.11. The molecular formula is C31H34FN7O2. The first-order valence-corrected chi connectivity index (χ1v) is 14.6. The van der Waals surface area contributed by atoms with E-state index in [1.807, 2.05) is 52.0 Å². The molecule has 0 N–H and O–H groups in total. The molecule has 3 aliphatic rings. The van der Waals surface area contributed by atoms with Gasteiger partial charge in [0.15, 0.2) is 5.65 Å². The Labute approximate surface area is 238 Å². The van der Waals surface area contributed by atoms with Gasteiger partial charge >= 0.3 is 0 Å². The van der Waals surface area contributed by atoms with E-state index in [2.05, 4.69) is 14.8 Å². The summed E-state index contributed by atoms with van der Waals surface area (Å²) in [7, 11) is 0. The minimum atomic E-state index is -0.215. The van der Waals surface area contributed by atoms with Gasteiger partial charge in [-0.1, -0.05) is 18.2 Å². The fourth-order valence-electron chi connectivity index (χ4n) is 6.39. The first-order valence-electron chi connectivity index (χ1n) is 14.6. The number of fused-ring (bicyclic) bond motifs is 1. The maximum atomic E-state index is 14.0. The van der Waals surface area contributed by atoms with Gasteiger partial charge in [0.2, 0.25) is 5.91 Å². The van der Waals surface area contributed by atoms with Gasteiger partial charge < -0.3 is 19.4 Å². The molecule has 3 aromatic heterocycles. The molecule has 0 saturated carbocycles. The first kappa shape index (κ1) is 25.9. The summed E-state index contributed by atoms with van der Waals surface area (Å²) in [5, 5.41) is 4.99. The molecule has 41 heavy (non-hydrogen) atoms.